The van der Waals surface area contributed by atoms with Crippen LogP contribution in [0.1, 0.15) is 33.3 Å². The molecule has 170 valence electrons. The number of nitrogens with one attached hydrogen (secondary N) is 3. The van der Waals surface area contributed by atoms with E-state index in [1.807, 2.05) is 45.0 Å². The van der Waals surface area contributed by atoms with E-state index in [2.05, 4.69) is 39.8 Å². The molecule has 1 amide bonds. The Morgan fingerprint density at radius 3 is 2.43 bits per heavy atom. The first kappa shape index (κ1) is 25.7. The van der Waals surface area contributed by atoms with Gasteiger partial charge in [-0.3, -0.25) is 10.3 Å². The molecule has 30 heavy (non-hydrogen) atoms. The Bertz CT molecular complexity index is 641. The van der Waals surface area contributed by atoms with E-state index in [0.29, 0.717) is 5.69 Å². The summed E-state index contributed by atoms with van der Waals surface area (Å²) in [4.78, 5) is 18.6. The highest BCUT2D eigenvalue weighted by Crippen LogP contribution is 2.13. The average molecular weight is 422 g/mol. The van der Waals surface area contributed by atoms with Gasteiger partial charge in [-0.25, -0.2) is 4.79 Å². The van der Waals surface area contributed by atoms with Crippen molar-refractivity contribution in [3.8, 4) is 0 Å². The van der Waals surface area contributed by atoms with Crippen LogP contribution in [0.5, 0.6) is 0 Å². The zero-order valence-corrected chi connectivity index (χ0v) is 19.4. The number of hydrogen-bond acceptors (Lipinski definition) is 5. The SMILES string of the molecule is CCNC(=NCCN(C)CCOC)NCCc1ccc(NC(=O)OC(C)(C)C)cc1. The van der Waals surface area contributed by atoms with Gasteiger partial charge in [-0.1, -0.05) is 12.1 Å². The third-order valence-corrected chi connectivity index (χ3v) is 4.08. The van der Waals surface area contributed by atoms with Gasteiger partial charge in [0.05, 0.1) is 13.2 Å². The Morgan fingerprint density at radius 1 is 1.13 bits per heavy atom. The molecule has 0 unspecified atom stereocenters. The van der Waals surface area contributed by atoms with Crippen molar-refractivity contribution in [3.63, 3.8) is 0 Å². The number of methoxy groups -OCH3 is 1. The normalized spacial score (nSPS) is 12.0. The number of carbonyl (C=O) groups excluding carboxylic acids is 1. The molecule has 3 N–H and O–H groups in total. The van der Waals surface area contributed by atoms with E-state index in [-0.39, 0.29) is 0 Å². The monoisotopic (exact) mass is 421 g/mol. The minimum Gasteiger partial charge on any atom is -0.444 e. The largest absolute Gasteiger partial charge is 0.444 e. The number of benzene rings is 1. The first-order valence-corrected chi connectivity index (χ1v) is 10.5. The molecular weight excluding hydrogens is 382 g/mol. The third-order valence-electron chi connectivity index (χ3n) is 4.08. The van der Waals surface area contributed by atoms with Gasteiger partial charge in [-0.2, -0.15) is 0 Å². The number of likely N-dealkylation sites (N-methyl/N-ethyl adjacent to an activating group) is 1. The lowest BCUT2D eigenvalue weighted by molar-refractivity contribution is 0.0636. The molecule has 1 aromatic carbocycles. The molecule has 0 saturated carbocycles. The van der Waals surface area contributed by atoms with Crippen LogP contribution in [0.25, 0.3) is 0 Å². The number of ether oxygens (including phenoxy) is 2. The number of anilines is 1. The zero-order chi connectivity index (χ0) is 22.4. The van der Waals surface area contributed by atoms with Crippen molar-refractivity contribution in [2.75, 3.05) is 58.8 Å². The molecular formula is C22H39N5O3. The lowest BCUT2D eigenvalue weighted by Gasteiger charge is -2.19. The first-order valence-electron chi connectivity index (χ1n) is 10.5. The van der Waals surface area contributed by atoms with Gasteiger partial charge in [0.25, 0.3) is 0 Å². The maximum absolute atomic E-state index is 11.8. The van der Waals surface area contributed by atoms with Crippen LogP contribution in [-0.4, -0.2) is 76.0 Å². The predicted octanol–water partition coefficient (Wildman–Crippen LogP) is 2.71. The van der Waals surface area contributed by atoms with Crippen LogP contribution in [0.3, 0.4) is 0 Å². The fraction of sp³-hybridized carbons (Fsp3) is 0.636. The molecule has 8 nitrogen and oxygen atoms in total. The summed E-state index contributed by atoms with van der Waals surface area (Å²) in [6, 6.07) is 7.77. The number of carbonyl (C=O) groups is 1. The molecule has 0 bridgehead atoms. The molecule has 1 rings (SSSR count). The zero-order valence-electron chi connectivity index (χ0n) is 19.4. The number of hydrogen-bond donors (Lipinski definition) is 3. The van der Waals surface area contributed by atoms with Crippen LogP contribution in [0.4, 0.5) is 10.5 Å². The molecule has 0 radical (unpaired) electrons. The molecule has 0 aromatic heterocycles. The number of guanidine groups is 1. The van der Waals surface area contributed by atoms with Crippen molar-refractivity contribution >= 4 is 17.7 Å². The molecule has 0 heterocycles. The van der Waals surface area contributed by atoms with Crippen LogP contribution < -0.4 is 16.0 Å². The predicted molar refractivity (Wildman–Crippen MR) is 123 cm³/mol. The maximum Gasteiger partial charge on any atom is 0.412 e. The standard InChI is InChI=1S/C22H39N5O3/c1-7-23-20(25-14-15-27(5)16-17-29-6)24-13-12-18-8-10-19(11-9-18)26-21(28)30-22(2,3)4/h8-11H,7,12-17H2,1-6H3,(H,26,28)(H2,23,24,25). The second kappa shape index (κ2) is 13.8. The molecule has 1 aromatic rings. The Balaban J connectivity index is 2.42. The van der Waals surface area contributed by atoms with E-state index < -0.39 is 11.7 Å². The minimum absolute atomic E-state index is 0.448. The maximum atomic E-state index is 11.8. The molecule has 0 aliphatic carbocycles. The van der Waals surface area contributed by atoms with Gasteiger partial charge < -0.3 is 25.0 Å². The molecule has 0 aliphatic rings. The molecule has 0 saturated heterocycles. The van der Waals surface area contributed by atoms with Gasteiger partial charge in [-0.05, 0) is 58.9 Å². The van der Waals surface area contributed by atoms with E-state index in [0.717, 1.165) is 51.7 Å². The minimum atomic E-state index is -0.513. The number of nitrogens with zero attached hydrogens (tertiary/aromatic N) is 2. The number of aliphatic imine (C=N–C) groups is 1. The topological polar surface area (TPSA) is 87.2 Å². The fourth-order valence-electron chi connectivity index (χ4n) is 2.53. The quantitative estimate of drug-likeness (QED) is 0.376. The van der Waals surface area contributed by atoms with Crippen molar-refractivity contribution in [2.24, 2.45) is 4.99 Å². The molecule has 0 fully saturated rings. The van der Waals surface area contributed by atoms with Crippen LogP contribution >= 0.6 is 0 Å². The van der Waals surface area contributed by atoms with Gasteiger partial charge in [-0.15, -0.1) is 0 Å². The summed E-state index contributed by atoms with van der Waals surface area (Å²) in [5.41, 5.74) is 1.38. The Morgan fingerprint density at radius 2 is 1.83 bits per heavy atom. The van der Waals surface area contributed by atoms with Crippen LogP contribution in [-0.2, 0) is 15.9 Å². The van der Waals surface area contributed by atoms with Crippen molar-refractivity contribution in [3.05, 3.63) is 29.8 Å². The highest BCUT2D eigenvalue weighted by atomic mass is 16.6. The fourth-order valence-corrected chi connectivity index (χ4v) is 2.53. The highest BCUT2D eigenvalue weighted by Gasteiger charge is 2.16. The third kappa shape index (κ3) is 12.3. The average Bonchev–Trinajstić information content (AvgIpc) is 2.66. The molecule has 0 spiro atoms. The summed E-state index contributed by atoms with van der Waals surface area (Å²) in [7, 11) is 3.78. The first-order chi connectivity index (χ1) is 14.2. The lowest BCUT2D eigenvalue weighted by Crippen LogP contribution is -2.39. The lowest BCUT2D eigenvalue weighted by atomic mass is 10.1. The van der Waals surface area contributed by atoms with E-state index >= 15 is 0 Å². The van der Waals surface area contributed by atoms with Gasteiger partial charge in [0.2, 0.25) is 0 Å². The van der Waals surface area contributed by atoms with Gasteiger partial charge in [0.15, 0.2) is 5.96 Å². The summed E-state index contributed by atoms with van der Waals surface area (Å²) >= 11 is 0. The van der Waals surface area contributed by atoms with E-state index in [1.54, 1.807) is 7.11 Å². The second-order valence-electron chi connectivity index (χ2n) is 8.06. The van der Waals surface area contributed by atoms with E-state index in [1.165, 1.54) is 5.56 Å². The van der Waals surface area contributed by atoms with Crippen LogP contribution in [0.2, 0.25) is 0 Å². The Kier molecular flexibility index (Phi) is 11.8. The summed E-state index contributed by atoms with van der Waals surface area (Å²) in [6.45, 7) is 12.4. The van der Waals surface area contributed by atoms with Crippen LogP contribution in [0, 0.1) is 0 Å². The number of amides is 1. The summed E-state index contributed by atoms with van der Waals surface area (Å²) in [6.07, 6.45) is 0.404. The van der Waals surface area contributed by atoms with Gasteiger partial charge >= 0.3 is 6.09 Å². The van der Waals surface area contributed by atoms with Gasteiger partial charge in [0, 0.05) is 39.0 Å². The Labute approximate surface area is 181 Å². The van der Waals surface area contributed by atoms with Crippen molar-refractivity contribution in [2.45, 2.75) is 39.7 Å². The van der Waals surface area contributed by atoms with E-state index in [9.17, 15) is 4.79 Å². The number of rotatable bonds is 11. The van der Waals surface area contributed by atoms with Crippen molar-refractivity contribution in [1.29, 1.82) is 0 Å². The van der Waals surface area contributed by atoms with Gasteiger partial charge in [0.1, 0.15) is 5.60 Å². The second-order valence-corrected chi connectivity index (χ2v) is 8.06. The Hall–Kier alpha value is -2.32. The summed E-state index contributed by atoms with van der Waals surface area (Å²) in [5.74, 6) is 0.820. The molecule has 0 aliphatic heterocycles. The molecule has 0 atom stereocenters. The van der Waals surface area contributed by atoms with Crippen molar-refractivity contribution in [1.82, 2.24) is 15.5 Å². The summed E-state index contributed by atoms with van der Waals surface area (Å²) < 4.78 is 10.4. The molecule has 8 heteroatoms. The van der Waals surface area contributed by atoms with Crippen LogP contribution in [0.15, 0.2) is 29.3 Å². The highest BCUT2D eigenvalue weighted by molar-refractivity contribution is 5.84. The van der Waals surface area contributed by atoms with Crippen molar-refractivity contribution < 1.29 is 14.3 Å². The smallest absolute Gasteiger partial charge is 0.412 e. The summed E-state index contributed by atoms with van der Waals surface area (Å²) in [5, 5.41) is 9.38. The van der Waals surface area contributed by atoms with E-state index in [4.69, 9.17) is 9.47 Å².